The summed E-state index contributed by atoms with van der Waals surface area (Å²) in [7, 11) is 0. The second-order valence-electron chi connectivity index (χ2n) is 4.96. The lowest BCUT2D eigenvalue weighted by Gasteiger charge is -2.20. The molecule has 5 heteroatoms. The fourth-order valence-electron chi connectivity index (χ4n) is 2.13. The number of para-hydroxylation sites is 1. The average molecular weight is 308 g/mol. The fraction of sp³-hybridized carbons (Fsp3) is 0.600. The molecule has 0 aliphatic heterocycles. The third-order valence-electron chi connectivity index (χ3n) is 3.43. The molecule has 0 fully saturated rings. The smallest absolute Gasteiger partial charge is 0.383 e. The Bertz CT molecular complexity index is 418. The lowest BCUT2D eigenvalue weighted by Crippen LogP contribution is -2.17. The number of hydrogen-bond acceptors (Lipinski definition) is 1. The molecule has 0 spiro atoms. The Morgan fingerprint density at radius 3 is 2.50 bits per heavy atom. The van der Waals surface area contributed by atoms with E-state index in [2.05, 4.69) is 19.2 Å². The first-order chi connectivity index (χ1) is 9.40. The van der Waals surface area contributed by atoms with Crippen LogP contribution in [0.3, 0.4) is 0 Å². The van der Waals surface area contributed by atoms with Crippen LogP contribution >= 0.6 is 11.6 Å². The predicted octanol–water partition coefficient (Wildman–Crippen LogP) is 5.99. The summed E-state index contributed by atoms with van der Waals surface area (Å²) in [6, 6.07) is 3.86. The van der Waals surface area contributed by atoms with E-state index in [9.17, 15) is 13.2 Å². The van der Waals surface area contributed by atoms with Gasteiger partial charge in [-0.2, -0.15) is 13.2 Å². The van der Waals surface area contributed by atoms with E-state index >= 15 is 0 Å². The lowest BCUT2D eigenvalue weighted by molar-refractivity contribution is -0.136. The minimum atomic E-state index is -4.39. The van der Waals surface area contributed by atoms with Gasteiger partial charge in [0, 0.05) is 6.54 Å². The molecule has 0 aliphatic carbocycles. The van der Waals surface area contributed by atoms with E-state index < -0.39 is 11.7 Å². The van der Waals surface area contributed by atoms with Gasteiger partial charge in [-0.3, -0.25) is 0 Å². The van der Waals surface area contributed by atoms with Crippen molar-refractivity contribution in [3.63, 3.8) is 0 Å². The molecule has 0 aromatic heterocycles. The second-order valence-corrected chi connectivity index (χ2v) is 5.36. The summed E-state index contributed by atoms with van der Waals surface area (Å²) < 4.78 is 38.8. The summed E-state index contributed by atoms with van der Waals surface area (Å²) >= 11 is 5.90. The Labute approximate surface area is 123 Å². The summed E-state index contributed by atoms with van der Waals surface area (Å²) in [5, 5.41) is 3.01. The first kappa shape index (κ1) is 17.2. The first-order valence-corrected chi connectivity index (χ1v) is 7.37. The summed E-state index contributed by atoms with van der Waals surface area (Å²) in [6.45, 7) is 4.68. The maximum atomic E-state index is 12.9. The number of nitrogens with one attached hydrogen (secondary N) is 1. The van der Waals surface area contributed by atoms with Crippen molar-refractivity contribution >= 4 is 17.3 Å². The van der Waals surface area contributed by atoms with Crippen LogP contribution in [0.25, 0.3) is 0 Å². The van der Waals surface area contributed by atoms with Crippen molar-refractivity contribution in [3.8, 4) is 0 Å². The minimum absolute atomic E-state index is 0.00313. The monoisotopic (exact) mass is 307 g/mol. The summed E-state index contributed by atoms with van der Waals surface area (Å²) in [6.07, 6.45) is -0.242. The fourth-order valence-corrected chi connectivity index (χ4v) is 2.37. The van der Waals surface area contributed by atoms with Gasteiger partial charge in [-0.25, -0.2) is 0 Å². The topological polar surface area (TPSA) is 12.0 Å². The van der Waals surface area contributed by atoms with E-state index in [-0.39, 0.29) is 10.7 Å². The van der Waals surface area contributed by atoms with E-state index in [1.807, 2.05) is 0 Å². The number of alkyl halides is 3. The highest BCUT2D eigenvalue weighted by Gasteiger charge is 2.34. The third kappa shape index (κ3) is 4.89. The van der Waals surface area contributed by atoms with Crippen LogP contribution in [0.4, 0.5) is 18.9 Å². The van der Waals surface area contributed by atoms with Gasteiger partial charge in [0.25, 0.3) is 0 Å². The van der Waals surface area contributed by atoms with Crippen molar-refractivity contribution in [2.75, 3.05) is 11.9 Å². The molecule has 1 aromatic rings. The van der Waals surface area contributed by atoms with E-state index in [0.717, 1.165) is 31.7 Å². The molecule has 1 unspecified atom stereocenters. The van der Waals surface area contributed by atoms with E-state index in [1.165, 1.54) is 12.1 Å². The van der Waals surface area contributed by atoms with Gasteiger partial charge in [0.15, 0.2) is 0 Å². The van der Waals surface area contributed by atoms with Crippen molar-refractivity contribution in [1.29, 1.82) is 0 Å². The molecule has 1 N–H and O–H groups in total. The van der Waals surface area contributed by atoms with Crippen LogP contribution in [0, 0.1) is 5.92 Å². The summed E-state index contributed by atoms with van der Waals surface area (Å²) in [4.78, 5) is 0. The molecule has 0 radical (unpaired) electrons. The largest absolute Gasteiger partial charge is 0.418 e. The van der Waals surface area contributed by atoms with Crippen LogP contribution in [0.5, 0.6) is 0 Å². The predicted molar refractivity (Wildman–Crippen MR) is 78.2 cm³/mol. The van der Waals surface area contributed by atoms with Gasteiger partial charge in [0.05, 0.1) is 16.3 Å². The SMILES string of the molecule is CCCCC(CC)CNc1c(Cl)cccc1C(F)(F)F. The van der Waals surface area contributed by atoms with E-state index in [4.69, 9.17) is 11.6 Å². The molecule has 0 heterocycles. The average Bonchev–Trinajstić information content (AvgIpc) is 2.39. The molecule has 1 rings (SSSR count). The standard InChI is InChI=1S/C15H21ClF3N/c1-3-5-7-11(4-2)10-20-14-12(15(17,18)19)8-6-9-13(14)16/h6,8-9,11,20H,3-5,7,10H2,1-2H3. The highest BCUT2D eigenvalue weighted by Crippen LogP contribution is 2.38. The molecule has 0 bridgehead atoms. The zero-order valence-corrected chi connectivity index (χ0v) is 12.6. The number of hydrogen-bond donors (Lipinski definition) is 1. The molecule has 1 aromatic carbocycles. The molecule has 114 valence electrons. The lowest BCUT2D eigenvalue weighted by atomic mass is 9.99. The van der Waals surface area contributed by atoms with Gasteiger partial charge in [-0.05, 0) is 24.5 Å². The van der Waals surface area contributed by atoms with Crippen molar-refractivity contribution in [2.24, 2.45) is 5.92 Å². The van der Waals surface area contributed by atoms with Crippen molar-refractivity contribution < 1.29 is 13.2 Å². The zero-order chi connectivity index (χ0) is 15.2. The number of halogens is 4. The van der Waals surface area contributed by atoms with Crippen LogP contribution in [0.15, 0.2) is 18.2 Å². The van der Waals surface area contributed by atoms with Crippen LogP contribution in [-0.2, 0) is 6.18 Å². The Morgan fingerprint density at radius 1 is 1.25 bits per heavy atom. The Hall–Kier alpha value is -0.900. The normalized spacial score (nSPS) is 13.3. The van der Waals surface area contributed by atoms with Gasteiger partial charge in [0.1, 0.15) is 0 Å². The van der Waals surface area contributed by atoms with Crippen molar-refractivity contribution in [1.82, 2.24) is 0 Å². The van der Waals surface area contributed by atoms with E-state index in [1.54, 1.807) is 0 Å². The zero-order valence-electron chi connectivity index (χ0n) is 11.9. The van der Waals surface area contributed by atoms with Gasteiger partial charge in [-0.1, -0.05) is 50.8 Å². The molecular formula is C15H21ClF3N. The van der Waals surface area contributed by atoms with Crippen molar-refractivity contribution in [3.05, 3.63) is 28.8 Å². The maximum Gasteiger partial charge on any atom is 0.418 e. The highest BCUT2D eigenvalue weighted by molar-refractivity contribution is 6.33. The van der Waals surface area contributed by atoms with Crippen molar-refractivity contribution in [2.45, 2.75) is 45.7 Å². The summed E-state index contributed by atoms with van der Waals surface area (Å²) in [5.74, 6) is 0.368. The minimum Gasteiger partial charge on any atom is -0.383 e. The summed E-state index contributed by atoms with van der Waals surface area (Å²) in [5.41, 5.74) is -0.702. The van der Waals surface area contributed by atoms with Crippen LogP contribution in [0.2, 0.25) is 5.02 Å². The number of benzene rings is 1. The van der Waals surface area contributed by atoms with E-state index in [0.29, 0.717) is 12.5 Å². The van der Waals surface area contributed by atoms with Gasteiger partial charge in [0.2, 0.25) is 0 Å². The molecule has 1 nitrogen and oxygen atoms in total. The molecular weight excluding hydrogens is 287 g/mol. The Morgan fingerprint density at radius 2 is 1.95 bits per heavy atom. The van der Waals surface area contributed by atoms with Gasteiger partial charge < -0.3 is 5.32 Å². The van der Waals surface area contributed by atoms with Gasteiger partial charge in [-0.15, -0.1) is 0 Å². The molecule has 0 saturated carbocycles. The molecule has 0 saturated heterocycles. The molecule has 1 atom stereocenters. The van der Waals surface area contributed by atoms with Gasteiger partial charge >= 0.3 is 6.18 Å². The molecule has 20 heavy (non-hydrogen) atoms. The highest BCUT2D eigenvalue weighted by atomic mass is 35.5. The Balaban J connectivity index is 2.81. The van der Waals surface area contributed by atoms with Crippen LogP contribution in [-0.4, -0.2) is 6.54 Å². The first-order valence-electron chi connectivity index (χ1n) is 6.99. The number of unbranched alkanes of at least 4 members (excludes halogenated alkanes) is 1. The second kappa shape index (κ2) is 7.77. The molecule has 0 aliphatic rings. The Kier molecular flexibility index (Phi) is 6.66. The molecule has 0 amide bonds. The third-order valence-corrected chi connectivity index (χ3v) is 3.74. The van der Waals surface area contributed by atoms with Crippen LogP contribution in [0.1, 0.15) is 45.1 Å². The van der Waals surface area contributed by atoms with Crippen LogP contribution < -0.4 is 5.32 Å². The maximum absolute atomic E-state index is 12.9. The number of anilines is 1. The quantitative estimate of drug-likeness (QED) is 0.652. The number of rotatable bonds is 7.